The number of sulfone groups is 1. The highest BCUT2D eigenvalue weighted by Crippen LogP contribution is 2.33. The van der Waals surface area contributed by atoms with Crippen molar-refractivity contribution in [3.63, 3.8) is 0 Å². The summed E-state index contributed by atoms with van der Waals surface area (Å²) < 4.78 is 63.8. The van der Waals surface area contributed by atoms with E-state index in [1.165, 1.54) is 18.3 Å². The van der Waals surface area contributed by atoms with Gasteiger partial charge in [0.25, 0.3) is 5.91 Å². The number of Topliss-reactive ketones (excluding diaryl/α,β-unsaturated/α-hetero) is 1. The lowest BCUT2D eigenvalue weighted by molar-refractivity contribution is -0.137. The van der Waals surface area contributed by atoms with Crippen LogP contribution in [0.15, 0.2) is 41.4 Å². The lowest BCUT2D eigenvalue weighted by atomic mass is 9.86. The van der Waals surface area contributed by atoms with Crippen molar-refractivity contribution in [2.75, 3.05) is 49.7 Å². The van der Waals surface area contributed by atoms with E-state index >= 15 is 0 Å². The third kappa shape index (κ3) is 7.81. The number of anilines is 2. The standard InChI is InChI=1S/C28H35F3N4O4S/c1-34-10-4-5-20(18-34)14-23(36)13-19-8-11-35(12-9-19)26-25(16-24(17-32-26)40(2,38)39)33-27(37)21-6-3-7-22(15-21)28(29,30)31/h3,6-7,15-17,19-20H,4-5,8-14,18H2,1-2H3,(H,33,37). The van der Waals surface area contributed by atoms with Gasteiger partial charge in [0.1, 0.15) is 5.78 Å². The van der Waals surface area contributed by atoms with Gasteiger partial charge >= 0.3 is 6.18 Å². The molecule has 3 heterocycles. The Morgan fingerprint density at radius 3 is 2.40 bits per heavy atom. The van der Waals surface area contributed by atoms with Crippen LogP contribution in [-0.4, -0.2) is 69.5 Å². The summed E-state index contributed by atoms with van der Waals surface area (Å²) in [5.74, 6) is 0.440. The third-order valence-corrected chi connectivity index (χ3v) is 8.72. The van der Waals surface area contributed by atoms with E-state index in [1.807, 2.05) is 4.90 Å². The van der Waals surface area contributed by atoms with Crippen molar-refractivity contribution in [1.82, 2.24) is 9.88 Å². The first kappa shape index (κ1) is 30.0. The number of alkyl halides is 3. The number of benzene rings is 1. The Morgan fingerprint density at radius 2 is 1.75 bits per heavy atom. The van der Waals surface area contributed by atoms with Gasteiger partial charge < -0.3 is 15.1 Å². The first-order chi connectivity index (χ1) is 18.8. The zero-order valence-corrected chi connectivity index (χ0v) is 23.5. The fraction of sp³-hybridized carbons (Fsp3) is 0.536. The Labute approximate surface area is 232 Å². The Balaban J connectivity index is 1.45. The summed E-state index contributed by atoms with van der Waals surface area (Å²) in [7, 11) is -1.58. The fourth-order valence-electron chi connectivity index (χ4n) is 5.53. The number of piperidine rings is 2. The largest absolute Gasteiger partial charge is 0.416 e. The molecule has 1 N–H and O–H groups in total. The normalized spacial score (nSPS) is 19.4. The van der Waals surface area contributed by atoms with Crippen molar-refractivity contribution in [3.05, 3.63) is 47.7 Å². The summed E-state index contributed by atoms with van der Waals surface area (Å²) in [6, 6.07) is 5.29. The van der Waals surface area contributed by atoms with Gasteiger partial charge in [0.05, 0.1) is 16.1 Å². The van der Waals surface area contributed by atoms with E-state index in [-0.39, 0.29) is 27.8 Å². The van der Waals surface area contributed by atoms with Crippen LogP contribution in [0.4, 0.5) is 24.7 Å². The second-order valence-corrected chi connectivity index (χ2v) is 13.0. The average Bonchev–Trinajstić information content (AvgIpc) is 2.88. The lowest BCUT2D eigenvalue weighted by Gasteiger charge is -2.34. The molecule has 2 aliphatic rings. The zero-order chi connectivity index (χ0) is 29.1. The van der Waals surface area contributed by atoms with Crippen molar-refractivity contribution in [2.45, 2.75) is 49.6 Å². The minimum atomic E-state index is -4.61. The number of halogens is 3. The van der Waals surface area contributed by atoms with Gasteiger partial charge in [-0.2, -0.15) is 13.2 Å². The number of carbonyl (C=O) groups excluding carboxylic acids is 2. The van der Waals surface area contributed by atoms with Crippen molar-refractivity contribution < 1.29 is 31.2 Å². The number of nitrogens with zero attached hydrogens (tertiary/aromatic N) is 3. The molecule has 2 aromatic rings. The number of likely N-dealkylation sites (tertiary alicyclic amines) is 1. The van der Waals surface area contributed by atoms with Crippen LogP contribution in [0, 0.1) is 11.8 Å². The Kier molecular flexibility index (Phi) is 9.19. The van der Waals surface area contributed by atoms with E-state index in [0.717, 1.165) is 63.2 Å². The molecule has 4 rings (SSSR count). The van der Waals surface area contributed by atoms with Crippen LogP contribution in [0.3, 0.4) is 0 Å². The van der Waals surface area contributed by atoms with E-state index in [2.05, 4.69) is 22.2 Å². The molecule has 40 heavy (non-hydrogen) atoms. The molecule has 0 saturated carbocycles. The Hall–Kier alpha value is -2.99. The number of rotatable bonds is 8. The minimum Gasteiger partial charge on any atom is -0.355 e. The summed E-state index contributed by atoms with van der Waals surface area (Å²) >= 11 is 0. The molecule has 0 radical (unpaired) electrons. The molecule has 0 bridgehead atoms. The Bertz CT molecular complexity index is 1340. The number of ketones is 1. The van der Waals surface area contributed by atoms with Crippen molar-refractivity contribution in [3.8, 4) is 0 Å². The molecule has 218 valence electrons. The number of aromatic nitrogens is 1. The van der Waals surface area contributed by atoms with Crippen molar-refractivity contribution in [1.29, 1.82) is 0 Å². The number of hydrogen-bond acceptors (Lipinski definition) is 7. The third-order valence-electron chi connectivity index (χ3n) is 7.64. The van der Waals surface area contributed by atoms with Crippen molar-refractivity contribution in [2.24, 2.45) is 11.8 Å². The van der Waals surface area contributed by atoms with Crippen molar-refractivity contribution >= 4 is 33.0 Å². The Morgan fingerprint density at radius 1 is 1.05 bits per heavy atom. The maximum atomic E-state index is 13.2. The van der Waals surface area contributed by atoms with Gasteiger partial charge in [-0.1, -0.05) is 6.07 Å². The van der Waals surface area contributed by atoms with E-state index in [9.17, 15) is 31.2 Å². The highest BCUT2D eigenvalue weighted by Gasteiger charge is 2.31. The van der Waals surface area contributed by atoms with E-state index < -0.39 is 27.5 Å². The maximum absolute atomic E-state index is 13.2. The van der Waals surface area contributed by atoms with Gasteiger partial charge in [-0.25, -0.2) is 13.4 Å². The smallest absolute Gasteiger partial charge is 0.355 e. The van der Waals surface area contributed by atoms with E-state index in [0.29, 0.717) is 37.7 Å². The zero-order valence-electron chi connectivity index (χ0n) is 22.7. The van der Waals surface area contributed by atoms with Crippen LogP contribution in [0.2, 0.25) is 0 Å². The molecular weight excluding hydrogens is 545 g/mol. The summed E-state index contributed by atoms with van der Waals surface area (Å²) in [5.41, 5.74) is -1.08. The highest BCUT2D eigenvalue weighted by molar-refractivity contribution is 7.90. The van der Waals surface area contributed by atoms with Gasteiger partial charge in [0, 0.05) is 50.5 Å². The van der Waals surface area contributed by atoms with E-state index in [1.54, 1.807) is 0 Å². The maximum Gasteiger partial charge on any atom is 0.416 e. The summed E-state index contributed by atoms with van der Waals surface area (Å²) in [6.07, 6.45) is 2.39. The summed E-state index contributed by atoms with van der Waals surface area (Å²) in [4.78, 5) is 34.1. The van der Waals surface area contributed by atoms with Gasteiger partial charge in [-0.3, -0.25) is 9.59 Å². The number of pyridine rings is 1. The van der Waals surface area contributed by atoms with Crippen LogP contribution in [-0.2, 0) is 20.8 Å². The summed E-state index contributed by atoms with van der Waals surface area (Å²) in [6.45, 7) is 3.11. The molecule has 1 aromatic carbocycles. The van der Waals surface area contributed by atoms with E-state index in [4.69, 9.17) is 0 Å². The monoisotopic (exact) mass is 580 g/mol. The predicted octanol–water partition coefficient (Wildman–Crippen LogP) is 4.66. The molecule has 0 aliphatic carbocycles. The van der Waals surface area contributed by atoms with Gasteiger partial charge in [-0.15, -0.1) is 0 Å². The topological polar surface area (TPSA) is 99.7 Å². The first-order valence-electron chi connectivity index (χ1n) is 13.4. The molecule has 1 aromatic heterocycles. The molecule has 8 nitrogen and oxygen atoms in total. The molecular formula is C28H35F3N4O4S. The van der Waals surface area contributed by atoms with Crippen LogP contribution in [0.5, 0.6) is 0 Å². The van der Waals surface area contributed by atoms with Crippen LogP contribution >= 0.6 is 0 Å². The molecule has 2 fully saturated rings. The number of carbonyl (C=O) groups is 2. The quantitative estimate of drug-likeness (QED) is 0.485. The van der Waals surface area contributed by atoms with Crippen LogP contribution < -0.4 is 10.2 Å². The van der Waals surface area contributed by atoms with Gasteiger partial charge in [-0.05, 0) is 75.4 Å². The molecule has 2 aliphatic heterocycles. The molecule has 1 atom stereocenters. The molecule has 2 saturated heterocycles. The molecule has 0 spiro atoms. The number of nitrogens with one attached hydrogen (secondary N) is 1. The predicted molar refractivity (Wildman–Crippen MR) is 146 cm³/mol. The molecule has 1 amide bonds. The molecule has 1 unspecified atom stereocenters. The summed E-state index contributed by atoms with van der Waals surface area (Å²) in [5, 5.41) is 2.57. The molecule has 12 heteroatoms. The van der Waals surface area contributed by atoms with Crippen LogP contribution in [0.1, 0.15) is 54.4 Å². The SMILES string of the molecule is CN1CCCC(CC(=O)CC2CCN(c3ncc(S(C)(=O)=O)cc3NC(=O)c3cccc(C(F)(F)F)c3)CC2)C1. The fourth-order valence-corrected chi connectivity index (χ4v) is 6.11. The van der Waals surface area contributed by atoms with Crippen LogP contribution in [0.25, 0.3) is 0 Å². The van der Waals surface area contributed by atoms with Gasteiger partial charge in [0.15, 0.2) is 15.7 Å². The average molecular weight is 581 g/mol. The minimum absolute atomic E-state index is 0.0984. The first-order valence-corrected chi connectivity index (χ1v) is 15.3. The number of amides is 1. The lowest BCUT2D eigenvalue weighted by Crippen LogP contribution is -2.36. The highest BCUT2D eigenvalue weighted by atomic mass is 32.2. The second kappa shape index (κ2) is 12.3. The number of hydrogen-bond donors (Lipinski definition) is 1. The second-order valence-electron chi connectivity index (χ2n) is 11.0. The van der Waals surface area contributed by atoms with Gasteiger partial charge in [0.2, 0.25) is 0 Å².